The fourth-order valence-corrected chi connectivity index (χ4v) is 1.87. The molecule has 1 aliphatic carbocycles. The van der Waals surface area contributed by atoms with Crippen molar-refractivity contribution in [3.05, 3.63) is 11.8 Å². The molecule has 0 aromatic heterocycles. The van der Waals surface area contributed by atoms with Crippen molar-refractivity contribution in [2.75, 3.05) is 0 Å². The maximum absolute atomic E-state index is 14.0. The van der Waals surface area contributed by atoms with Gasteiger partial charge in [-0.3, -0.25) is 0 Å². The first-order valence-corrected chi connectivity index (χ1v) is 6.12. The molecule has 2 aliphatic rings. The van der Waals surface area contributed by atoms with Crippen LogP contribution in [-0.2, 0) is 9.31 Å². The monoisotopic (exact) mass is 262 g/mol. The zero-order chi connectivity index (χ0) is 13.8. The van der Waals surface area contributed by atoms with Gasteiger partial charge in [-0.2, -0.15) is 0 Å². The highest BCUT2D eigenvalue weighted by atomic mass is 19.3. The summed E-state index contributed by atoms with van der Waals surface area (Å²) in [6.45, 7) is 7.17. The van der Waals surface area contributed by atoms with Gasteiger partial charge in [0.2, 0.25) is 6.43 Å². The van der Waals surface area contributed by atoms with Crippen molar-refractivity contribution in [1.29, 1.82) is 0 Å². The first kappa shape index (κ1) is 13.9. The molecule has 6 heteroatoms. The van der Waals surface area contributed by atoms with Gasteiger partial charge >= 0.3 is 7.12 Å². The Morgan fingerprint density at radius 3 is 1.89 bits per heavy atom. The molecule has 0 amide bonds. The van der Waals surface area contributed by atoms with E-state index < -0.39 is 35.9 Å². The molecule has 1 heterocycles. The van der Waals surface area contributed by atoms with E-state index in [1.807, 2.05) is 0 Å². The molecular formula is C12H18BF3O2. The lowest BCUT2D eigenvalue weighted by atomic mass is 9.85. The van der Waals surface area contributed by atoms with Gasteiger partial charge in [-0.25, -0.2) is 13.2 Å². The minimum Gasteiger partial charge on any atom is -0.398 e. The lowest BCUT2D eigenvalue weighted by Crippen LogP contribution is -2.41. The van der Waals surface area contributed by atoms with Gasteiger partial charge in [0.05, 0.1) is 16.6 Å². The molecule has 2 fully saturated rings. The van der Waals surface area contributed by atoms with Crippen LogP contribution >= 0.6 is 0 Å². The number of halogens is 3. The van der Waals surface area contributed by atoms with E-state index in [1.54, 1.807) is 27.7 Å². The maximum Gasteiger partial charge on any atom is 0.524 e. The van der Waals surface area contributed by atoms with Crippen molar-refractivity contribution in [1.82, 2.24) is 0 Å². The molecule has 0 spiro atoms. The smallest absolute Gasteiger partial charge is 0.398 e. The molecule has 0 atom stereocenters. The Bertz CT molecular complexity index is 360. The van der Waals surface area contributed by atoms with Crippen molar-refractivity contribution < 1.29 is 22.5 Å². The molecule has 2 rings (SSSR count). The average Bonchev–Trinajstić information content (AvgIpc) is 2.92. The van der Waals surface area contributed by atoms with Crippen LogP contribution in [0.25, 0.3) is 0 Å². The Balaban J connectivity index is 2.13. The number of allylic oxidation sites excluding steroid dienone is 1. The van der Waals surface area contributed by atoms with Crippen molar-refractivity contribution in [3.63, 3.8) is 0 Å². The van der Waals surface area contributed by atoms with Gasteiger partial charge in [-0.15, -0.1) is 0 Å². The summed E-state index contributed by atoms with van der Waals surface area (Å²) in [5.41, 5.74) is -3.37. The summed E-state index contributed by atoms with van der Waals surface area (Å²) in [6.07, 6.45) is -0.916. The van der Waals surface area contributed by atoms with Crippen LogP contribution in [-0.4, -0.2) is 24.7 Å². The second-order valence-electron chi connectivity index (χ2n) is 6.15. The summed E-state index contributed by atoms with van der Waals surface area (Å²) in [4.78, 5) is 0. The SMILES string of the molecule is CC1(C)OB(C(F)=CC2(C(F)F)CC2)OC1(C)C. The van der Waals surface area contributed by atoms with E-state index in [9.17, 15) is 13.2 Å². The number of rotatable bonds is 3. The zero-order valence-electron chi connectivity index (χ0n) is 11.1. The Labute approximate surface area is 106 Å². The predicted molar refractivity (Wildman–Crippen MR) is 62.9 cm³/mol. The Morgan fingerprint density at radius 1 is 1.11 bits per heavy atom. The standard InChI is InChI=1S/C12H18BF3O2/c1-10(2)11(3,4)18-13(17-10)8(14)7-12(5-6-12)9(15)16/h7,9H,5-6H2,1-4H3. The minimum absolute atomic E-state index is 0.317. The molecule has 0 radical (unpaired) electrons. The lowest BCUT2D eigenvalue weighted by Gasteiger charge is -2.32. The highest BCUT2D eigenvalue weighted by Crippen LogP contribution is 2.53. The van der Waals surface area contributed by atoms with Gasteiger partial charge in [-0.05, 0) is 46.6 Å². The summed E-state index contributed by atoms with van der Waals surface area (Å²) in [6, 6.07) is 0. The fraction of sp³-hybridized carbons (Fsp3) is 0.833. The molecule has 102 valence electrons. The first-order valence-electron chi connectivity index (χ1n) is 6.12. The van der Waals surface area contributed by atoms with E-state index in [0.717, 1.165) is 6.08 Å². The van der Waals surface area contributed by atoms with Gasteiger partial charge in [-0.1, -0.05) is 0 Å². The van der Waals surface area contributed by atoms with Crippen molar-refractivity contribution in [2.45, 2.75) is 58.2 Å². The molecule has 1 saturated heterocycles. The van der Waals surface area contributed by atoms with E-state index >= 15 is 0 Å². The van der Waals surface area contributed by atoms with E-state index in [4.69, 9.17) is 9.31 Å². The Kier molecular flexibility index (Phi) is 3.10. The van der Waals surface area contributed by atoms with Crippen LogP contribution in [0, 0.1) is 5.41 Å². The normalized spacial score (nSPS) is 28.9. The molecule has 0 N–H and O–H groups in total. The van der Waals surface area contributed by atoms with Crippen LogP contribution in [0.4, 0.5) is 13.2 Å². The quantitative estimate of drug-likeness (QED) is 0.724. The number of alkyl halides is 2. The van der Waals surface area contributed by atoms with Crippen LogP contribution in [0.1, 0.15) is 40.5 Å². The minimum atomic E-state index is -2.54. The topological polar surface area (TPSA) is 18.5 Å². The number of hydrogen-bond donors (Lipinski definition) is 0. The zero-order valence-corrected chi connectivity index (χ0v) is 11.1. The first-order chi connectivity index (χ1) is 8.10. The predicted octanol–water partition coefficient (Wildman–Crippen LogP) is 3.52. The van der Waals surface area contributed by atoms with Gasteiger partial charge in [0.1, 0.15) is 5.73 Å². The summed E-state index contributed by atoms with van der Waals surface area (Å²) >= 11 is 0. The van der Waals surface area contributed by atoms with Crippen LogP contribution in [0.15, 0.2) is 11.8 Å². The average molecular weight is 262 g/mol. The summed E-state index contributed by atoms with van der Waals surface area (Å²) in [5.74, 6) is 0. The molecule has 2 nitrogen and oxygen atoms in total. The molecule has 0 bridgehead atoms. The van der Waals surface area contributed by atoms with E-state index in [-0.39, 0.29) is 0 Å². The molecule has 0 aromatic carbocycles. The van der Waals surface area contributed by atoms with Gasteiger partial charge in [0.15, 0.2) is 0 Å². The fourth-order valence-electron chi connectivity index (χ4n) is 1.87. The van der Waals surface area contributed by atoms with Crippen molar-refractivity contribution >= 4 is 7.12 Å². The molecule has 0 unspecified atom stereocenters. The Hall–Kier alpha value is -0.485. The largest absolute Gasteiger partial charge is 0.524 e. The summed E-state index contributed by atoms with van der Waals surface area (Å²) in [7, 11) is -1.17. The van der Waals surface area contributed by atoms with Crippen LogP contribution in [0.3, 0.4) is 0 Å². The van der Waals surface area contributed by atoms with E-state index in [2.05, 4.69) is 0 Å². The van der Waals surface area contributed by atoms with Crippen LogP contribution < -0.4 is 0 Å². The summed E-state index contributed by atoms with van der Waals surface area (Å²) in [5, 5.41) is 0. The van der Waals surface area contributed by atoms with Crippen LogP contribution in [0.2, 0.25) is 0 Å². The van der Waals surface area contributed by atoms with Gasteiger partial charge < -0.3 is 9.31 Å². The molecule has 1 aliphatic heterocycles. The van der Waals surface area contributed by atoms with E-state index in [1.165, 1.54) is 0 Å². The molecule has 0 aromatic rings. The van der Waals surface area contributed by atoms with Crippen LogP contribution in [0.5, 0.6) is 0 Å². The second kappa shape index (κ2) is 4.00. The Morgan fingerprint density at radius 2 is 1.56 bits per heavy atom. The van der Waals surface area contributed by atoms with Crippen molar-refractivity contribution in [3.8, 4) is 0 Å². The van der Waals surface area contributed by atoms with E-state index in [0.29, 0.717) is 12.8 Å². The maximum atomic E-state index is 14.0. The molecule has 18 heavy (non-hydrogen) atoms. The highest BCUT2D eigenvalue weighted by Gasteiger charge is 2.55. The number of hydrogen-bond acceptors (Lipinski definition) is 2. The third-order valence-corrected chi connectivity index (χ3v) is 4.17. The molecular weight excluding hydrogens is 244 g/mol. The third-order valence-electron chi connectivity index (χ3n) is 4.17. The second-order valence-corrected chi connectivity index (χ2v) is 6.15. The third kappa shape index (κ3) is 2.20. The lowest BCUT2D eigenvalue weighted by molar-refractivity contribution is 0.00578. The highest BCUT2D eigenvalue weighted by molar-refractivity contribution is 6.53. The molecule has 1 saturated carbocycles. The van der Waals surface area contributed by atoms with Crippen molar-refractivity contribution in [2.24, 2.45) is 5.41 Å². The van der Waals surface area contributed by atoms with Gasteiger partial charge in [0.25, 0.3) is 0 Å². The summed E-state index contributed by atoms with van der Waals surface area (Å²) < 4.78 is 50.4. The van der Waals surface area contributed by atoms with Gasteiger partial charge in [0, 0.05) is 0 Å².